The van der Waals surface area contributed by atoms with Crippen molar-refractivity contribution < 1.29 is 17.9 Å². The zero-order valence-corrected chi connectivity index (χ0v) is 18.3. The number of carbonyl (C=O) groups excluding carboxylic acids is 1. The summed E-state index contributed by atoms with van der Waals surface area (Å²) in [6.07, 6.45) is 2.71. The minimum Gasteiger partial charge on any atom is -0.492 e. The van der Waals surface area contributed by atoms with Crippen molar-refractivity contribution in [3.05, 3.63) is 52.0 Å². The van der Waals surface area contributed by atoms with E-state index in [2.05, 4.69) is 5.32 Å². The van der Waals surface area contributed by atoms with E-state index in [1.165, 1.54) is 34.6 Å². The van der Waals surface area contributed by atoms with Gasteiger partial charge in [0.25, 0.3) is 5.91 Å². The van der Waals surface area contributed by atoms with E-state index in [9.17, 15) is 13.2 Å². The fourth-order valence-electron chi connectivity index (χ4n) is 3.18. The predicted octanol–water partition coefficient (Wildman–Crippen LogP) is 4.82. The topological polar surface area (TPSA) is 75.7 Å². The Morgan fingerprint density at radius 1 is 1.07 bits per heavy atom. The van der Waals surface area contributed by atoms with Gasteiger partial charge in [-0.15, -0.1) is 0 Å². The molecule has 6 nitrogen and oxygen atoms in total. The van der Waals surface area contributed by atoms with Gasteiger partial charge < -0.3 is 10.1 Å². The van der Waals surface area contributed by atoms with Crippen molar-refractivity contribution in [1.29, 1.82) is 0 Å². The molecular weight excluding hydrogens is 435 g/mol. The molecule has 9 heteroatoms. The van der Waals surface area contributed by atoms with Crippen molar-refractivity contribution in [3.8, 4) is 5.75 Å². The number of halogens is 2. The van der Waals surface area contributed by atoms with Crippen LogP contribution >= 0.6 is 23.2 Å². The fraction of sp³-hybridized carbons (Fsp3) is 0.350. The summed E-state index contributed by atoms with van der Waals surface area (Å²) in [5, 5.41) is 3.37. The number of amides is 1. The van der Waals surface area contributed by atoms with Gasteiger partial charge in [0.2, 0.25) is 10.0 Å². The number of ether oxygens (including phenoxy) is 1. The third kappa shape index (κ3) is 5.22. The van der Waals surface area contributed by atoms with Crippen molar-refractivity contribution in [1.82, 2.24) is 4.31 Å². The lowest BCUT2D eigenvalue weighted by atomic mass is 10.2. The lowest BCUT2D eigenvalue weighted by Crippen LogP contribution is -2.35. The van der Waals surface area contributed by atoms with Gasteiger partial charge in [0, 0.05) is 28.7 Å². The lowest BCUT2D eigenvalue weighted by Gasteiger charge is -2.26. The summed E-state index contributed by atoms with van der Waals surface area (Å²) in [5.41, 5.74) is 0.528. The maximum Gasteiger partial charge on any atom is 0.255 e. The molecule has 1 aliphatic heterocycles. The van der Waals surface area contributed by atoms with Crippen LogP contribution in [0.25, 0.3) is 0 Å². The molecule has 1 saturated heterocycles. The molecule has 0 atom stereocenters. The van der Waals surface area contributed by atoms with Crippen LogP contribution in [-0.2, 0) is 10.0 Å². The maximum atomic E-state index is 13.0. The molecule has 0 saturated carbocycles. The second kappa shape index (κ2) is 9.34. The fourth-order valence-corrected chi connectivity index (χ4v) is 5.25. The molecular formula is C20H22Cl2N2O4S. The van der Waals surface area contributed by atoms with Gasteiger partial charge in [-0.2, -0.15) is 4.31 Å². The molecule has 0 aliphatic carbocycles. The largest absolute Gasteiger partial charge is 0.492 e. The normalized spacial score (nSPS) is 15.1. The number of benzene rings is 2. The molecule has 1 fully saturated rings. The highest BCUT2D eigenvalue weighted by Gasteiger charge is 2.27. The molecule has 1 heterocycles. The Hall–Kier alpha value is -1.80. The summed E-state index contributed by atoms with van der Waals surface area (Å²) < 4.78 is 33.0. The number of piperidine rings is 1. The van der Waals surface area contributed by atoms with Gasteiger partial charge in [0.05, 0.1) is 17.2 Å². The zero-order chi connectivity index (χ0) is 21.0. The van der Waals surface area contributed by atoms with Gasteiger partial charge in [-0.25, -0.2) is 8.42 Å². The first kappa shape index (κ1) is 21.9. The Bertz CT molecular complexity index is 985. The third-order valence-corrected chi connectivity index (χ3v) is 6.91. The second-order valence-corrected chi connectivity index (χ2v) is 9.48. The van der Waals surface area contributed by atoms with Gasteiger partial charge in [-0.3, -0.25) is 4.79 Å². The number of rotatable bonds is 6. The highest BCUT2D eigenvalue weighted by atomic mass is 35.5. The van der Waals surface area contributed by atoms with Crippen LogP contribution in [0.4, 0.5) is 5.69 Å². The number of hydrogen-bond acceptors (Lipinski definition) is 4. The lowest BCUT2D eigenvalue weighted by molar-refractivity contribution is 0.102. The van der Waals surface area contributed by atoms with Gasteiger partial charge in [0.1, 0.15) is 5.75 Å². The first-order valence-electron chi connectivity index (χ1n) is 9.35. The molecule has 2 aromatic carbocycles. The van der Waals surface area contributed by atoms with Crippen molar-refractivity contribution in [2.75, 3.05) is 25.0 Å². The summed E-state index contributed by atoms with van der Waals surface area (Å²) in [6, 6.07) is 8.98. The van der Waals surface area contributed by atoms with Crippen LogP contribution in [0, 0.1) is 0 Å². The van der Waals surface area contributed by atoms with Crippen LogP contribution in [0.15, 0.2) is 41.3 Å². The van der Waals surface area contributed by atoms with Gasteiger partial charge in [0.15, 0.2) is 0 Å². The molecule has 0 aromatic heterocycles. The van der Waals surface area contributed by atoms with E-state index in [0.717, 1.165) is 19.3 Å². The zero-order valence-electron chi connectivity index (χ0n) is 16.0. The molecule has 0 bridgehead atoms. The van der Waals surface area contributed by atoms with Gasteiger partial charge in [-0.05, 0) is 56.2 Å². The monoisotopic (exact) mass is 456 g/mol. The van der Waals surface area contributed by atoms with Gasteiger partial charge >= 0.3 is 0 Å². The van der Waals surface area contributed by atoms with Crippen LogP contribution in [0.2, 0.25) is 10.0 Å². The summed E-state index contributed by atoms with van der Waals surface area (Å²) in [4.78, 5) is 12.8. The summed E-state index contributed by atoms with van der Waals surface area (Å²) in [5.74, 6) is -0.0885. The molecule has 0 radical (unpaired) electrons. The number of hydrogen-bond donors (Lipinski definition) is 1. The van der Waals surface area contributed by atoms with Gasteiger partial charge in [-0.1, -0.05) is 29.6 Å². The van der Waals surface area contributed by atoms with Crippen LogP contribution in [-0.4, -0.2) is 38.3 Å². The molecule has 2 aromatic rings. The smallest absolute Gasteiger partial charge is 0.255 e. The third-order valence-electron chi connectivity index (χ3n) is 4.58. The minimum absolute atomic E-state index is 0.113. The molecule has 3 rings (SSSR count). The molecule has 1 aliphatic rings. The van der Waals surface area contributed by atoms with E-state index in [1.807, 2.05) is 0 Å². The summed E-state index contributed by atoms with van der Waals surface area (Å²) >= 11 is 12.0. The molecule has 29 heavy (non-hydrogen) atoms. The molecule has 0 spiro atoms. The number of nitrogens with zero attached hydrogens (tertiary/aromatic N) is 1. The van der Waals surface area contributed by atoms with Crippen LogP contribution in [0.5, 0.6) is 5.75 Å². The van der Waals surface area contributed by atoms with Crippen LogP contribution in [0.1, 0.15) is 36.5 Å². The predicted molar refractivity (Wildman–Crippen MR) is 115 cm³/mol. The van der Waals surface area contributed by atoms with Crippen molar-refractivity contribution in [2.24, 2.45) is 0 Å². The van der Waals surface area contributed by atoms with Crippen molar-refractivity contribution in [2.45, 2.75) is 31.1 Å². The number of sulfonamides is 1. The average Bonchev–Trinajstić information content (AvgIpc) is 2.69. The standard InChI is InChI=1S/C20H22Cl2N2O4S/c1-2-28-19-7-6-17(29(26,27)24-8-4-3-5-9-24)13-18(19)23-20(25)14-10-15(21)12-16(22)11-14/h6-7,10-13H,2-5,8-9H2,1H3,(H,23,25). The first-order valence-corrected chi connectivity index (χ1v) is 11.6. The maximum absolute atomic E-state index is 13.0. The van der Waals surface area contributed by atoms with E-state index in [4.69, 9.17) is 27.9 Å². The van der Waals surface area contributed by atoms with E-state index in [1.54, 1.807) is 13.0 Å². The summed E-state index contributed by atoms with van der Waals surface area (Å²) in [7, 11) is -3.65. The SMILES string of the molecule is CCOc1ccc(S(=O)(=O)N2CCCCC2)cc1NC(=O)c1cc(Cl)cc(Cl)c1. The van der Waals surface area contributed by atoms with E-state index < -0.39 is 15.9 Å². The number of nitrogens with one attached hydrogen (secondary N) is 1. The van der Waals surface area contributed by atoms with E-state index in [0.29, 0.717) is 35.5 Å². The number of anilines is 1. The first-order chi connectivity index (χ1) is 13.8. The van der Waals surface area contributed by atoms with Crippen molar-refractivity contribution in [3.63, 3.8) is 0 Å². The highest BCUT2D eigenvalue weighted by Crippen LogP contribution is 2.31. The number of carbonyl (C=O) groups is 1. The van der Waals surface area contributed by atoms with Crippen molar-refractivity contribution >= 4 is 44.8 Å². The Labute approximate surface area is 180 Å². The molecule has 1 N–H and O–H groups in total. The van der Waals surface area contributed by atoms with Crippen LogP contribution < -0.4 is 10.1 Å². The Morgan fingerprint density at radius 2 is 1.72 bits per heavy atom. The minimum atomic E-state index is -3.65. The van der Waals surface area contributed by atoms with Crippen LogP contribution in [0.3, 0.4) is 0 Å². The highest BCUT2D eigenvalue weighted by molar-refractivity contribution is 7.89. The Balaban J connectivity index is 1.93. The summed E-state index contributed by atoms with van der Waals surface area (Å²) in [6.45, 7) is 3.17. The molecule has 156 valence electrons. The quantitative estimate of drug-likeness (QED) is 0.675. The van der Waals surface area contributed by atoms with E-state index >= 15 is 0 Å². The Morgan fingerprint density at radius 3 is 2.34 bits per heavy atom. The average molecular weight is 457 g/mol. The van der Waals surface area contributed by atoms with E-state index in [-0.39, 0.29) is 16.1 Å². The molecule has 1 amide bonds. The Kier molecular flexibility index (Phi) is 7.05. The second-order valence-electron chi connectivity index (χ2n) is 6.67. The molecule has 0 unspecified atom stereocenters.